The Morgan fingerprint density at radius 2 is 1.69 bits per heavy atom. The van der Waals surface area contributed by atoms with Crippen molar-refractivity contribution in [3.63, 3.8) is 0 Å². The number of aliphatic carboxylic acids is 1. The van der Waals surface area contributed by atoms with Gasteiger partial charge >= 0.3 is 12.1 Å². The van der Waals surface area contributed by atoms with Crippen LogP contribution in [0.5, 0.6) is 5.75 Å². The number of aryl methyl sites for hydroxylation is 2. The summed E-state index contributed by atoms with van der Waals surface area (Å²) in [5.74, 6) is -1.07. The van der Waals surface area contributed by atoms with Crippen molar-refractivity contribution in [1.29, 1.82) is 0 Å². The van der Waals surface area contributed by atoms with Gasteiger partial charge in [0.15, 0.2) is 0 Å². The van der Waals surface area contributed by atoms with Crippen LogP contribution in [-0.4, -0.2) is 80.4 Å². The van der Waals surface area contributed by atoms with Crippen LogP contribution in [0.4, 0.5) is 13.2 Å². The third-order valence-corrected chi connectivity index (χ3v) is 8.99. The van der Waals surface area contributed by atoms with Crippen LogP contribution in [0.1, 0.15) is 45.3 Å². The van der Waals surface area contributed by atoms with Crippen LogP contribution in [0.25, 0.3) is 0 Å². The highest BCUT2D eigenvalue weighted by molar-refractivity contribution is 7.89. The molecule has 0 spiro atoms. The van der Waals surface area contributed by atoms with Crippen LogP contribution < -0.4 is 10.1 Å². The van der Waals surface area contributed by atoms with Crippen LogP contribution in [0, 0.1) is 13.8 Å². The Morgan fingerprint density at radius 3 is 2.18 bits per heavy atom. The third-order valence-electron chi connectivity index (χ3n) is 6.76. The number of amides is 1. The number of alkyl halides is 3. The van der Waals surface area contributed by atoms with Gasteiger partial charge in [-0.1, -0.05) is 31.2 Å². The van der Waals surface area contributed by atoms with Gasteiger partial charge in [0.2, 0.25) is 10.0 Å². The monoisotopic (exact) mass is 652 g/mol. The topological polar surface area (TPSA) is 142 Å². The highest BCUT2D eigenvalue weighted by Gasteiger charge is 2.38. The molecule has 2 aromatic carbocycles. The molecule has 1 amide bonds. The second-order valence-corrected chi connectivity index (χ2v) is 12.0. The van der Waals surface area contributed by atoms with E-state index in [0.717, 1.165) is 30.1 Å². The molecule has 45 heavy (non-hydrogen) atoms. The van der Waals surface area contributed by atoms with Crippen LogP contribution in [0.15, 0.2) is 63.0 Å². The molecule has 1 aliphatic rings. The molecule has 1 aromatic heterocycles. The molecular weight excluding hydrogens is 617 g/mol. The minimum Gasteiger partial charge on any atom is -0.497 e. The summed E-state index contributed by atoms with van der Waals surface area (Å²) < 4.78 is 71.0. The Kier molecular flexibility index (Phi) is 11.4. The quantitative estimate of drug-likeness (QED) is 0.329. The first kappa shape index (κ1) is 35.1. The van der Waals surface area contributed by atoms with Crippen molar-refractivity contribution in [2.24, 2.45) is 4.99 Å². The number of carbonyl (C=O) groups is 2. The number of benzene rings is 2. The van der Waals surface area contributed by atoms with E-state index in [1.165, 1.54) is 10.6 Å². The maximum Gasteiger partial charge on any atom is 0.490 e. The number of ether oxygens (including phenoxy) is 1. The standard InChI is InChI=1S/C28H34N4O5S.C2HF3O2/c1-6-32(38(34,35)26-19(2)13-24(36-5)14-20(26)3)17-25-15-23(18-37-25)28(33)31(4)16-21-7-9-22(10-8-21)27-29-11-12-30-27;3-2(4,5)1(6)7/h7-10,13-15,18H,6,11-12,16-17H2,1-5H3,(H,29,30);(H,6,7). The lowest BCUT2D eigenvalue weighted by Gasteiger charge is -2.22. The molecule has 244 valence electrons. The molecule has 0 fully saturated rings. The zero-order chi connectivity index (χ0) is 33.5. The SMILES string of the molecule is CCN(Cc1cc(C(=O)N(C)Cc2ccc(C3=NCCN3)cc2)co1)S(=O)(=O)c1c(C)cc(OC)cc1C.O=C(O)C(F)(F)F. The second kappa shape index (κ2) is 14.6. The van der Waals surface area contributed by atoms with E-state index in [1.807, 2.05) is 24.3 Å². The number of furan rings is 1. The summed E-state index contributed by atoms with van der Waals surface area (Å²) in [5.41, 5.74) is 3.60. The Labute approximate surface area is 259 Å². The van der Waals surface area contributed by atoms with Gasteiger partial charge in [-0.05, 0) is 48.7 Å². The highest BCUT2D eigenvalue weighted by atomic mass is 32.2. The van der Waals surface area contributed by atoms with Gasteiger partial charge in [0.25, 0.3) is 5.91 Å². The van der Waals surface area contributed by atoms with Crippen molar-refractivity contribution >= 4 is 27.7 Å². The molecule has 2 N–H and O–H groups in total. The summed E-state index contributed by atoms with van der Waals surface area (Å²) in [6.45, 7) is 7.59. The fraction of sp³-hybridized carbons (Fsp3) is 0.367. The van der Waals surface area contributed by atoms with E-state index in [4.69, 9.17) is 19.1 Å². The number of sulfonamides is 1. The van der Waals surface area contributed by atoms with E-state index in [-0.39, 0.29) is 23.9 Å². The zero-order valence-corrected chi connectivity index (χ0v) is 26.3. The van der Waals surface area contributed by atoms with Crippen LogP contribution in [-0.2, 0) is 27.9 Å². The van der Waals surface area contributed by atoms with Crippen LogP contribution >= 0.6 is 0 Å². The smallest absolute Gasteiger partial charge is 0.490 e. The lowest BCUT2D eigenvalue weighted by Crippen LogP contribution is -2.31. The predicted molar refractivity (Wildman–Crippen MR) is 160 cm³/mol. The van der Waals surface area contributed by atoms with Crippen LogP contribution in [0.3, 0.4) is 0 Å². The summed E-state index contributed by atoms with van der Waals surface area (Å²) in [5, 5.41) is 10.4. The van der Waals surface area contributed by atoms with E-state index in [9.17, 15) is 26.4 Å². The van der Waals surface area contributed by atoms with Gasteiger partial charge in [-0.25, -0.2) is 13.2 Å². The normalized spacial score (nSPS) is 13.0. The molecule has 11 nitrogen and oxygen atoms in total. The number of hydrogen-bond acceptors (Lipinski definition) is 8. The first-order valence-electron chi connectivity index (χ1n) is 13.7. The van der Waals surface area contributed by atoms with E-state index in [0.29, 0.717) is 34.7 Å². The number of carbonyl (C=O) groups excluding carboxylic acids is 1. The Morgan fingerprint density at radius 1 is 1.09 bits per heavy atom. The maximum atomic E-state index is 13.5. The molecule has 0 radical (unpaired) electrons. The van der Waals surface area contributed by atoms with Gasteiger partial charge in [0.05, 0.1) is 30.7 Å². The van der Waals surface area contributed by atoms with E-state index >= 15 is 0 Å². The lowest BCUT2D eigenvalue weighted by molar-refractivity contribution is -0.192. The minimum absolute atomic E-state index is 0.0140. The third kappa shape index (κ3) is 8.85. The number of carboxylic acids is 1. The van der Waals surface area contributed by atoms with Crippen molar-refractivity contribution in [3.8, 4) is 5.75 Å². The molecule has 0 unspecified atom stereocenters. The molecule has 3 aromatic rings. The maximum absolute atomic E-state index is 13.5. The molecule has 4 rings (SSSR count). The summed E-state index contributed by atoms with van der Waals surface area (Å²) in [4.78, 5) is 28.2. The first-order chi connectivity index (χ1) is 21.1. The fourth-order valence-corrected chi connectivity index (χ4v) is 6.43. The number of methoxy groups -OCH3 is 1. The average Bonchev–Trinajstić information content (AvgIpc) is 3.68. The van der Waals surface area contributed by atoms with E-state index < -0.39 is 22.2 Å². The number of aliphatic imine (C=N–C) groups is 1. The summed E-state index contributed by atoms with van der Waals surface area (Å²) in [7, 11) is -0.528. The molecule has 15 heteroatoms. The number of hydrogen-bond donors (Lipinski definition) is 2. The van der Waals surface area contributed by atoms with Crippen LogP contribution in [0.2, 0.25) is 0 Å². The number of nitrogens with zero attached hydrogens (tertiary/aromatic N) is 3. The van der Waals surface area contributed by atoms with Crippen molar-refractivity contribution in [2.75, 3.05) is 33.8 Å². The molecule has 0 aliphatic carbocycles. The first-order valence-corrected chi connectivity index (χ1v) is 15.2. The van der Waals surface area contributed by atoms with E-state index in [1.54, 1.807) is 58.0 Å². The molecule has 0 saturated heterocycles. The Bertz CT molecular complexity index is 1630. The summed E-state index contributed by atoms with van der Waals surface area (Å²) in [6, 6.07) is 13.0. The van der Waals surface area contributed by atoms with Gasteiger partial charge in [0.1, 0.15) is 23.6 Å². The molecule has 1 aliphatic heterocycles. The van der Waals surface area contributed by atoms with Crippen molar-refractivity contribution in [1.82, 2.24) is 14.5 Å². The van der Waals surface area contributed by atoms with Gasteiger partial charge in [-0.15, -0.1) is 0 Å². The summed E-state index contributed by atoms with van der Waals surface area (Å²) >= 11 is 0. The minimum atomic E-state index is -5.08. The number of halogens is 3. The Balaban J connectivity index is 0.000000707. The van der Waals surface area contributed by atoms with E-state index in [2.05, 4.69) is 10.3 Å². The molecular formula is C30H35F3N4O7S. The fourth-order valence-electron chi connectivity index (χ4n) is 4.61. The summed E-state index contributed by atoms with van der Waals surface area (Å²) in [6.07, 6.45) is -3.70. The molecule has 0 bridgehead atoms. The number of rotatable bonds is 10. The average molecular weight is 653 g/mol. The molecule has 2 heterocycles. The largest absolute Gasteiger partial charge is 0.497 e. The van der Waals surface area contributed by atoms with Gasteiger partial charge in [-0.3, -0.25) is 9.79 Å². The van der Waals surface area contributed by atoms with Crippen molar-refractivity contribution in [3.05, 3.63) is 82.3 Å². The van der Waals surface area contributed by atoms with Gasteiger partial charge < -0.3 is 24.5 Å². The molecule has 0 atom stereocenters. The van der Waals surface area contributed by atoms with Crippen molar-refractivity contribution < 1.29 is 45.4 Å². The number of amidine groups is 1. The predicted octanol–water partition coefficient (Wildman–Crippen LogP) is 4.37. The number of nitrogens with one attached hydrogen (secondary N) is 1. The van der Waals surface area contributed by atoms with Gasteiger partial charge in [-0.2, -0.15) is 17.5 Å². The zero-order valence-electron chi connectivity index (χ0n) is 25.4. The highest BCUT2D eigenvalue weighted by Crippen LogP contribution is 2.29. The van der Waals surface area contributed by atoms with Crippen molar-refractivity contribution in [2.45, 2.75) is 44.9 Å². The van der Waals surface area contributed by atoms with Gasteiger partial charge in [0, 0.05) is 32.2 Å². The number of carboxylic acid groups (broad SMARTS) is 1. The Hall–Kier alpha value is -4.37. The second-order valence-electron chi connectivity index (χ2n) is 10.1. The lowest BCUT2D eigenvalue weighted by atomic mass is 10.1. The molecule has 0 saturated carbocycles.